The molecule has 1 aromatic carbocycles. The molecule has 0 heterocycles. The summed E-state index contributed by atoms with van der Waals surface area (Å²) in [4.78, 5) is 12.2. The topological polar surface area (TPSA) is 84.5 Å². The first kappa shape index (κ1) is 22.0. The Morgan fingerprint density at radius 1 is 1.19 bits per heavy atom. The molecule has 1 aromatic rings. The van der Waals surface area contributed by atoms with Crippen LogP contribution in [0.3, 0.4) is 0 Å². The third-order valence-electron chi connectivity index (χ3n) is 4.58. The highest BCUT2D eigenvalue weighted by Gasteiger charge is 2.17. The predicted octanol–water partition coefficient (Wildman–Crippen LogP) is 3.64. The number of amides is 1. The first-order valence-corrected chi connectivity index (χ1v) is 11.5. The third-order valence-corrected chi connectivity index (χ3v) is 6.34. The normalized spacial score (nSPS) is 16.4. The van der Waals surface area contributed by atoms with E-state index in [1.54, 1.807) is 0 Å². The molecule has 6 nitrogen and oxygen atoms in total. The number of carbonyl (C=O) groups excluding carboxylic acids is 1. The van der Waals surface area contributed by atoms with E-state index in [9.17, 15) is 13.2 Å². The molecule has 0 saturated heterocycles. The number of carbonyl (C=O) groups is 1. The average molecular weight is 417 g/mol. The Morgan fingerprint density at radius 2 is 1.85 bits per heavy atom. The van der Waals surface area contributed by atoms with Gasteiger partial charge in [-0.15, -0.1) is 0 Å². The maximum atomic E-state index is 12.2. The number of ether oxygens (including phenoxy) is 1. The van der Waals surface area contributed by atoms with Crippen LogP contribution in [0.5, 0.6) is 5.75 Å². The summed E-state index contributed by atoms with van der Waals surface area (Å²) in [6, 6.07) is 4.44. The van der Waals surface area contributed by atoms with Gasteiger partial charge in [-0.25, -0.2) is 13.1 Å². The van der Waals surface area contributed by atoms with Gasteiger partial charge in [0.15, 0.2) is 6.61 Å². The van der Waals surface area contributed by atoms with Gasteiger partial charge < -0.3 is 10.1 Å². The molecule has 8 heteroatoms. The van der Waals surface area contributed by atoms with Crippen molar-refractivity contribution in [2.45, 2.75) is 69.2 Å². The van der Waals surface area contributed by atoms with E-state index in [0.717, 1.165) is 25.7 Å². The monoisotopic (exact) mass is 416 g/mol. The number of halogens is 1. The van der Waals surface area contributed by atoms with Gasteiger partial charge in [0, 0.05) is 12.6 Å². The van der Waals surface area contributed by atoms with Crippen molar-refractivity contribution in [2.24, 2.45) is 0 Å². The Kier molecular flexibility index (Phi) is 8.86. The van der Waals surface area contributed by atoms with Crippen molar-refractivity contribution in [1.29, 1.82) is 0 Å². The van der Waals surface area contributed by atoms with Crippen molar-refractivity contribution in [3.63, 3.8) is 0 Å². The fraction of sp³-hybridized carbons (Fsp3) is 0.632. The Morgan fingerprint density at radius 3 is 2.48 bits per heavy atom. The number of sulfonamides is 1. The SMILES string of the molecule is CCCNS(=O)(=O)c1ccc(OCC(=O)NC2CCCCCCC2)c(Cl)c1. The minimum absolute atomic E-state index is 0.0762. The smallest absolute Gasteiger partial charge is 0.258 e. The van der Waals surface area contributed by atoms with Crippen molar-refractivity contribution in [2.75, 3.05) is 13.2 Å². The fourth-order valence-electron chi connectivity index (χ4n) is 3.10. The third kappa shape index (κ3) is 7.31. The lowest BCUT2D eigenvalue weighted by Gasteiger charge is -2.21. The van der Waals surface area contributed by atoms with Crippen LogP contribution in [0.1, 0.15) is 58.3 Å². The summed E-state index contributed by atoms with van der Waals surface area (Å²) < 4.78 is 32.2. The summed E-state index contributed by atoms with van der Waals surface area (Å²) in [5, 5.41) is 3.18. The zero-order valence-electron chi connectivity index (χ0n) is 15.8. The van der Waals surface area contributed by atoms with Crippen LogP contribution in [-0.2, 0) is 14.8 Å². The van der Waals surface area contributed by atoms with Gasteiger partial charge in [0.2, 0.25) is 10.0 Å². The van der Waals surface area contributed by atoms with E-state index in [1.165, 1.54) is 37.5 Å². The molecule has 0 atom stereocenters. The predicted molar refractivity (Wildman–Crippen MR) is 107 cm³/mol. The quantitative estimate of drug-likeness (QED) is 0.677. The first-order valence-electron chi connectivity index (χ1n) is 9.63. The molecule has 1 amide bonds. The number of hydrogen-bond donors (Lipinski definition) is 2. The summed E-state index contributed by atoms with van der Waals surface area (Å²) in [6.45, 7) is 2.10. The first-order chi connectivity index (χ1) is 12.9. The summed E-state index contributed by atoms with van der Waals surface area (Å²) >= 11 is 6.14. The molecule has 1 aliphatic rings. The molecular weight excluding hydrogens is 388 g/mol. The Balaban J connectivity index is 1.88. The maximum Gasteiger partial charge on any atom is 0.258 e. The van der Waals surface area contributed by atoms with E-state index in [0.29, 0.717) is 18.7 Å². The second-order valence-corrected chi connectivity index (χ2v) is 9.06. The van der Waals surface area contributed by atoms with E-state index in [2.05, 4.69) is 10.0 Å². The van der Waals surface area contributed by atoms with E-state index in [1.807, 2.05) is 6.92 Å². The molecular formula is C19H29ClN2O4S. The molecule has 1 aliphatic carbocycles. The fourth-order valence-corrected chi connectivity index (χ4v) is 4.56. The highest BCUT2D eigenvalue weighted by Crippen LogP contribution is 2.27. The lowest BCUT2D eigenvalue weighted by atomic mass is 9.97. The number of rotatable bonds is 8. The van der Waals surface area contributed by atoms with Gasteiger partial charge in [0.25, 0.3) is 5.91 Å². The molecule has 0 aliphatic heterocycles. The van der Waals surface area contributed by atoms with E-state index >= 15 is 0 Å². The van der Waals surface area contributed by atoms with Gasteiger partial charge >= 0.3 is 0 Å². The highest BCUT2D eigenvalue weighted by molar-refractivity contribution is 7.89. The Hall–Kier alpha value is -1.31. The minimum atomic E-state index is -3.59. The van der Waals surface area contributed by atoms with E-state index < -0.39 is 10.0 Å². The summed E-state index contributed by atoms with van der Waals surface area (Å²) in [5.74, 6) is 0.108. The standard InChI is InChI=1S/C19H29ClN2O4S/c1-2-12-21-27(24,25)16-10-11-18(17(20)13-16)26-14-19(23)22-15-8-6-4-3-5-7-9-15/h10-11,13,15,21H,2-9,12,14H2,1H3,(H,22,23). The Labute approximate surface area is 167 Å². The minimum Gasteiger partial charge on any atom is -0.482 e. The van der Waals surface area contributed by atoms with Crippen molar-refractivity contribution < 1.29 is 17.9 Å². The van der Waals surface area contributed by atoms with Gasteiger partial charge in [0.1, 0.15) is 5.75 Å². The van der Waals surface area contributed by atoms with Crippen LogP contribution >= 0.6 is 11.6 Å². The van der Waals surface area contributed by atoms with Gasteiger partial charge in [-0.2, -0.15) is 0 Å². The van der Waals surface area contributed by atoms with Gasteiger partial charge in [-0.3, -0.25) is 4.79 Å². The van der Waals surface area contributed by atoms with Crippen LogP contribution in [0.25, 0.3) is 0 Å². The van der Waals surface area contributed by atoms with Gasteiger partial charge in [0.05, 0.1) is 9.92 Å². The zero-order chi connectivity index (χ0) is 19.7. The van der Waals surface area contributed by atoms with Crippen LogP contribution < -0.4 is 14.8 Å². The molecule has 1 fully saturated rings. The maximum absolute atomic E-state index is 12.2. The van der Waals surface area contributed by atoms with E-state index in [-0.39, 0.29) is 28.5 Å². The lowest BCUT2D eigenvalue weighted by molar-refractivity contribution is -0.123. The number of benzene rings is 1. The van der Waals surface area contributed by atoms with Crippen LogP contribution in [0.4, 0.5) is 0 Å². The second kappa shape index (κ2) is 10.9. The highest BCUT2D eigenvalue weighted by atomic mass is 35.5. The van der Waals surface area contributed by atoms with Crippen LogP contribution in [0.15, 0.2) is 23.1 Å². The van der Waals surface area contributed by atoms with Gasteiger partial charge in [-0.1, -0.05) is 50.6 Å². The van der Waals surface area contributed by atoms with Crippen molar-refractivity contribution in [3.8, 4) is 5.75 Å². The summed E-state index contributed by atoms with van der Waals surface area (Å²) in [6.07, 6.45) is 8.71. The lowest BCUT2D eigenvalue weighted by Crippen LogP contribution is -2.38. The van der Waals surface area contributed by atoms with Crippen molar-refractivity contribution in [3.05, 3.63) is 23.2 Å². The average Bonchev–Trinajstić information content (AvgIpc) is 2.61. The van der Waals surface area contributed by atoms with Crippen LogP contribution in [-0.4, -0.2) is 33.5 Å². The number of nitrogens with one attached hydrogen (secondary N) is 2. The molecule has 1 saturated carbocycles. The van der Waals surface area contributed by atoms with Crippen molar-refractivity contribution >= 4 is 27.5 Å². The summed E-state index contributed by atoms with van der Waals surface area (Å²) in [7, 11) is -3.59. The number of hydrogen-bond acceptors (Lipinski definition) is 4. The zero-order valence-corrected chi connectivity index (χ0v) is 17.4. The molecule has 2 rings (SSSR count). The molecule has 2 N–H and O–H groups in total. The Bertz CT molecular complexity index is 716. The van der Waals surface area contributed by atoms with Crippen molar-refractivity contribution in [1.82, 2.24) is 10.0 Å². The van der Waals surface area contributed by atoms with Crippen LogP contribution in [0.2, 0.25) is 5.02 Å². The van der Waals surface area contributed by atoms with E-state index in [4.69, 9.17) is 16.3 Å². The molecule has 0 radical (unpaired) electrons. The molecule has 0 spiro atoms. The molecule has 152 valence electrons. The molecule has 0 unspecified atom stereocenters. The largest absolute Gasteiger partial charge is 0.482 e. The molecule has 0 bridgehead atoms. The summed E-state index contributed by atoms with van der Waals surface area (Å²) in [5.41, 5.74) is 0. The molecule has 0 aromatic heterocycles. The second-order valence-electron chi connectivity index (χ2n) is 6.89. The molecule has 27 heavy (non-hydrogen) atoms. The van der Waals surface area contributed by atoms with Gasteiger partial charge in [-0.05, 0) is 37.5 Å². The van der Waals surface area contributed by atoms with Crippen LogP contribution in [0, 0.1) is 0 Å².